The summed E-state index contributed by atoms with van der Waals surface area (Å²) in [5.41, 5.74) is 9.14. The number of nitrogens with zero attached hydrogens (tertiary/aromatic N) is 1. The fraction of sp³-hybridized carbons (Fsp3) is 0.267. The molecule has 2 nitrogen and oxygen atoms in total. The van der Waals surface area contributed by atoms with E-state index in [0.717, 1.165) is 23.0 Å². The molecular weight excluding hydrogens is 246 g/mol. The highest BCUT2D eigenvalue weighted by molar-refractivity contribution is 5.28. The van der Waals surface area contributed by atoms with E-state index in [0.29, 0.717) is 12.0 Å². The average Bonchev–Trinajstić information content (AvgIpc) is 2.32. The molecule has 0 aliphatic heterocycles. The van der Waals surface area contributed by atoms with Gasteiger partial charge in [-0.25, -0.2) is 8.78 Å². The smallest absolute Gasteiger partial charge is 0.129 e. The third kappa shape index (κ3) is 3.15. The van der Waals surface area contributed by atoms with Crippen LogP contribution >= 0.6 is 0 Å². The van der Waals surface area contributed by atoms with Crippen molar-refractivity contribution in [3.8, 4) is 0 Å². The molecule has 100 valence electrons. The second-order valence-corrected chi connectivity index (χ2v) is 4.67. The molecule has 1 unspecified atom stereocenters. The Balaban J connectivity index is 2.23. The molecule has 0 aliphatic rings. The molecule has 0 saturated carbocycles. The first-order valence-corrected chi connectivity index (χ1v) is 6.11. The third-order valence-corrected chi connectivity index (χ3v) is 3.12. The zero-order chi connectivity index (χ0) is 14.0. The van der Waals surface area contributed by atoms with E-state index in [2.05, 4.69) is 4.98 Å². The van der Waals surface area contributed by atoms with Crippen molar-refractivity contribution in [3.05, 3.63) is 64.5 Å². The lowest BCUT2D eigenvalue weighted by atomic mass is 9.98. The van der Waals surface area contributed by atoms with Crippen molar-refractivity contribution in [1.82, 2.24) is 4.98 Å². The van der Waals surface area contributed by atoms with Crippen LogP contribution in [0.5, 0.6) is 0 Å². The van der Waals surface area contributed by atoms with Crippen molar-refractivity contribution in [2.45, 2.75) is 26.3 Å². The molecule has 1 atom stereocenters. The maximum atomic E-state index is 13.6. The molecule has 2 rings (SSSR count). The molecule has 0 aliphatic carbocycles. The van der Waals surface area contributed by atoms with Gasteiger partial charge in [0.15, 0.2) is 0 Å². The van der Waals surface area contributed by atoms with Gasteiger partial charge in [0.1, 0.15) is 11.6 Å². The van der Waals surface area contributed by atoms with Gasteiger partial charge in [-0.3, -0.25) is 4.98 Å². The van der Waals surface area contributed by atoms with Gasteiger partial charge in [0, 0.05) is 23.5 Å². The molecule has 0 saturated heterocycles. The molecule has 2 N–H and O–H groups in total. The van der Waals surface area contributed by atoms with Crippen LogP contribution in [0, 0.1) is 25.5 Å². The van der Waals surface area contributed by atoms with Crippen molar-refractivity contribution in [2.24, 2.45) is 5.73 Å². The highest BCUT2D eigenvalue weighted by atomic mass is 19.1. The summed E-state index contributed by atoms with van der Waals surface area (Å²) in [7, 11) is 0. The Kier molecular flexibility index (Phi) is 3.90. The van der Waals surface area contributed by atoms with Crippen LogP contribution in [0.15, 0.2) is 30.3 Å². The summed E-state index contributed by atoms with van der Waals surface area (Å²) in [5.74, 6) is -1.14. The van der Waals surface area contributed by atoms with Gasteiger partial charge in [0.05, 0.1) is 0 Å². The predicted octanol–water partition coefficient (Wildman–Crippen LogP) is 3.22. The Morgan fingerprint density at radius 2 is 1.89 bits per heavy atom. The number of aromatic nitrogens is 1. The molecule has 1 aromatic carbocycles. The van der Waals surface area contributed by atoms with Crippen molar-refractivity contribution < 1.29 is 8.78 Å². The number of benzene rings is 1. The van der Waals surface area contributed by atoms with Gasteiger partial charge in [-0.05, 0) is 43.5 Å². The highest BCUT2D eigenvalue weighted by Crippen LogP contribution is 2.21. The fourth-order valence-corrected chi connectivity index (χ4v) is 2.12. The van der Waals surface area contributed by atoms with Crippen molar-refractivity contribution >= 4 is 0 Å². The van der Waals surface area contributed by atoms with Crippen molar-refractivity contribution in [3.63, 3.8) is 0 Å². The summed E-state index contributed by atoms with van der Waals surface area (Å²) in [6.07, 6.45) is 0.317. The molecule has 1 heterocycles. The topological polar surface area (TPSA) is 38.9 Å². The second kappa shape index (κ2) is 5.45. The van der Waals surface area contributed by atoms with E-state index in [1.807, 2.05) is 26.0 Å². The van der Waals surface area contributed by atoms with E-state index in [1.165, 1.54) is 12.1 Å². The zero-order valence-corrected chi connectivity index (χ0v) is 11.0. The molecular formula is C15H16F2N2. The number of halogens is 2. The number of hydrogen-bond acceptors (Lipinski definition) is 2. The summed E-state index contributed by atoms with van der Waals surface area (Å²) in [6, 6.07) is 6.98. The Morgan fingerprint density at radius 1 is 1.16 bits per heavy atom. The van der Waals surface area contributed by atoms with Gasteiger partial charge in [0.25, 0.3) is 0 Å². The molecule has 0 spiro atoms. The van der Waals surface area contributed by atoms with Gasteiger partial charge in [0.2, 0.25) is 0 Å². The first kappa shape index (κ1) is 13.6. The van der Waals surface area contributed by atoms with Crippen LogP contribution < -0.4 is 5.73 Å². The minimum Gasteiger partial charge on any atom is -0.324 e. The maximum Gasteiger partial charge on any atom is 0.129 e. The first-order chi connectivity index (χ1) is 8.97. The van der Waals surface area contributed by atoms with Crippen LogP contribution in [0.3, 0.4) is 0 Å². The largest absolute Gasteiger partial charge is 0.324 e. The second-order valence-electron chi connectivity index (χ2n) is 4.67. The van der Waals surface area contributed by atoms with E-state index in [1.54, 1.807) is 0 Å². The van der Waals surface area contributed by atoms with E-state index in [4.69, 9.17) is 5.73 Å². The predicted molar refractivity (Wildman–Crippen MR) is 70.7 cm³/mol. The Hall–Kier alpha value is -1.81. The van der Waals surface area contributed by atoms with Crippen LogP contribution in [0.1, 0.15) is 28.6 Å². The molecule has 19 heavy (non-hydrogen) atoms. The maximum absolute atomic E-state index is 13.6. The monoisotopic (exact) mass is 262 g/mol. The average molecular weight is 262 g/mol. The van der Waals surface area contributed by atoms with Gasteiger partial charge in [-0.1, -0.05) is 12.1 Å². The van der Waals surface area contributed by atoms with Crippen LogP contribution in [0.4, 0.5) is 8.78 Å². The molecule has 4 heteroatoms. The lowest BCUT2D eigenvalue weighted by Gasteiger charge is -2.15. The minimum absolute atomic E-state index is 0.317. The molecule has 2 aromatic rings. The van der Waals surface area contributed by atoms with Gasteiger partial charge in [-0.2, -0.15) is 0 Å². The fourth-order valence-electron chi connectivity index (χ4n) is 2.12. The Bertz CT molecular complexity index is 597. The Labute approximate surface area is 111 Å². The van der Waals surface area contributed by atoms with E-state index in [9.17, 15) is 8.78 Å². The van der Waals surface area contributed by atoms with Crippen molar-refractivity contribution in [2.75, 3.05) is 0 Å². The standard InChI is InChI=1S/C15H16F2N2/c1-9-3-6-13(10(2)19-9)15(18)7-11-4-5-12(16)8-14(11)17/h3-6,8,15H,7,18H2,1-2H3. The molecule has 0 bridgehead atoms. The van der Waals surface area contributed by atoms with E-state index < -0.39 is 11.6 Å². The number of hydrogen-bond donors (Lipinski definition) is 1. The summed E-state index contributed by atoms with van der Waals surface area (Å²) in [6.45, 7) is 3.78. The lowest BCUT2D eigenvalue weighted by Crippen LogP contribution is -2.16. The molecule has 0 radical (unpaired) electrons. The number of aryl methyl sites for hydroxylation is 2. The summed E-state index contributed by atoms with van der Waals surface area (Å²) in [4.78, 5) is 4.34. The summed E-state index contributed by atoms with van der Waals surface area (Å²) in [5, 5.41) is 0. The minimum atomic E-state index is -0.581. The number of rotatable bonds is 3. The molecule has 0 fully saturated rings. The van der Waals surface area contributed by atoms with Crippen LogP contribution in [0.25, 0.3) is 0 Å². The number of pyridine rings is 1. The van der Waals surface area contributed by atoms with Crippen LogP contribution in [-0.4, -0.2) is 4.98 Å². The van der Waals surface area contributed by atoms with Gasteiger partial charge in [-0.15, -0.1) is 0 Å². The first-order valence-electron chi connectivity index (χ1n) is 6.11. The zero-order valence-electron chi connectivity index (χ0n) is 11.0. The molecule has 1 aromatic heterocycles. The van der Waals surface area contributed by atoms with Crippen molar-refractivity contribution in [1.29, 1.82) is 0 Å². The SMILES string of the molecule is Cc1ccc(C(N)Cc2ccc(F)cc2F)c(C)n1. The van der Waals surface area contributed by atoms with Crippen LogP contribution in [-0.2, 0) is 6.42 Å². The summed E-state index contributed by atoms with van der Waals surface area (Å²) < 4.78 is 26.4. The third-order valence-electron chi connectivity index (χ3n) is 3.12. The normalized spacial score (nSPS) is 12.5. The summed E-state index contributed by atoms with van der Waals surface area (Å²) >= 11 is 0. The highest BCUT2D eigenvalue weighted by Gasteiger charge is 2.13. The quantitative estimate of drug-likeness (QED) is 0.922. The van der Waals surface area contributed by atoms with Crippen LogP contribution in [0.2, 0.25) is 0 Å². The number of nitrogens with two attached hydrogens (primary N) is 1. The van der Waals surface area contributed by atoms with Gasteiger partial charge >= 0.3 is 0 Å². The molecule has 0 amide bonds. The van der Waals surface area contributed by atoms with Gasteiger partial charge < -0.3 is 5.73 Å². The van der Waals surface area contributed by atoms with E-state index in [-0.39, 0.29) is 6.04 Å². The Morgan fingerprint density at radius 3 is 2.53 bits per heavy atom. The van der Waals surface area contributed by atoms with E-state index >= 15 is 0 Å². The lowest BCUT2D eigenvalue weighted by molar-refractivity contribution is 0.562.